The van der Waals surface area contributed by atoms with Crippen LogP contribution in [0.2, 0.25) is 0 Å². The first kappa shape index (κ1) is 23.7. The fraction of sp³-hybridized carbons (Fsp3) is 0.219. The summed E-state index contributed by atoms with van der Waals surface area (Å²) >= 11 is 0. The molecule has 0 atom stereocenters. The topological polar surface area (TPSA) is 82.3 Å². The van der Waals surface area contributed by atoms with Gasteiger partial charge in [-0.15, -0.1) is 0 Å². The van der Waals surface area contributed by atoms with E-state index < -0.39 is 0 Å². The maximum absolute atomic E-state index is 13.9. The normalized spacial score (nSPS) is 14.1. The number of imidazole rings is 1. The molecule has 0 aliphatic heterocycles. The second-order valence-electron chi connectivity index (χ2n) is 10.5. The van der Waals surface area contributed by atoms with Crippen LogP contribution in [-0.2, 0) is 6.54 Å². The molecule has 39 heavy (non-hydrogen) atoms. The third-order valence-electron chi connectivity index (χ3n) is 7.80. The van der Waals surface area contributed by atoms with E-state index in [4.69, 9.17) is 4.98 Å². The van der Waals surface area contributed by atoms with Crippen LogP contribution >= 0.6 is 0 Å². The second-order valence-corrected chi connectivity index (χ2v) is 10.5. The maximum atomic E-state index is 13.9. The molecule has 0 amide bonds. The predicted octanol–water partition coefficient (Wildman–Crippen LogP) is 7.25. The lowest BCUT2D eigenvalue weighted by molar-refractivity contribution is 0.489. The van der Waals surface area contributed by atoms with Gasteiger partial charge in [0.1, 0.15) is 11.5 Å². The molecule has 1 saturated carbocycles. The Kier molecular flexibility index (Phi) is 6.13. The Bertz CT molecular complexity index is 1780. The van der Waals surface area contributed by atoms with E-state index in [1.54, 1.807) is 6.07 Å². The molecule has 3 heterocycles. The second kappa shape index (κ2) is 10.1. The van der Waals surface area contributed by atoms with Crippen molar-refractivity contribution in [2.75, 3.05) is 6.54 Å². The Morgan fingerprint density at radius 2 is 1.77 bits per heavy atom. The highest BCUT2D eigenvalue weighted by Gasteiger charge is 2.17. The molecule has 6 aromatic rings. The standard InChI is InChI=1S/C32H29FN6/c33-25-8-3-7-23(14-25)26-9-4-10-29-30(26)37-32(36-29)31-27-15-22(11-12-28(27)38-39-31)24-13-21(18-35-19-24)17-34-16-20-5-1-2-6-20/h3-4,7-15,18-20,34H,1-2,5-6,16-17H2,(H,36,37)(H,38,39). The molecule has 1 fully saturated rings. The molecule has 7 rings (SSSR count). The van der Waals surface area contributed by atoms with Gasteiger partial charge in [-0.2, -0.15) is 5.10 Å². The van der Waals surface area contributed by atoms with Gasteiger partial charge in [0.15, 0.2) is 5.82 Å². The lowest BCUT2D eigenvalue weighted by Gasteiger charge is -2.11. The van der Waals surface area contributed by atoms with Gasteiger partial charge in [0, 0.05) is 35.5 Å². The molecule has 0 radical (unpaired) electrons. The Balaban J connectivity index is 1.20. The van der Waals surface area contributed by atoms with Crippen LogP contribution in [0.25, 0.3) is 55.7 Å². The molecule has 194 valence electrons. The number of para-hydroxylation sites is 1. The largest absolute Gasteiger partial charge is 0.337 e. The summed E-state index contributed by atoms with van der Waals surface area (Å²) in [6.45, 7) is 1.90. The molecule has 0 saturated heterocycles. The minimum Gasteiger partial charge on any atom is -0.337 e. The van der Waals surface area contributed by atoms with E-state index in [1.807, 2.05) is 42.7 Å². The summed E-state index contributed by atoms with van der Waals surface area (Å²) in [6.07, 6.45) is 9.27. The number of aromatic nitrogens is 5. The first-order chi connectivity index (χ1) is 19.2. The molecular weight excluding hydrogens is 487 g/mol. The molecule has 0 bridgehead atoms. The highest BCUT2D eigenvalue weighted by Crippen LogP contribution is 2.33. The monoisotopic (exact) mass is 516 g/mol. The van der Waals surface area contributed by atoms with Crippen LogP contribution in [0.5, 0.6) is 0 Å². The van der Waals surface area contributed by atoms with Gasteiger partial charge < -0.3 is 10.3 Å². The Morgan fingerprint density at radius 3 is 2.67 bits per heavy atom. The van der Waals surface area contributed by atoms with Crippen molar-refractivity contribution in [1.29, 1.82) is 0 Å². The van der Waals surface area contributed by atoms with Crippen LogP contribution in [0.3, 0.4) is 0 Å². The van der Waals surface area contributed by atoms with Gasteiger partial charge in [0.2, 0.25) is 0 Å². The Morgan fingerprint density at radius 1 is 0.872 bits per heavy atom. The molecule has 3 N–H and O–H groups in total. The first-order valence-corrected chi connectivity index (χ1v) is 13.6. The van der Waals surface area contributed by atoms with E-state index in [9.17, 15) is 4.39 Å². The van der Waals surface area contributed by atoms with E-state index in [-0.39, 0.29) is 5.82 Å². The molecule has 6 nitrogen and oxygen atoms in total. The van der Waals surface area contributed by atoms with Crippen LogP contribution in [0, 0.1) is 11.7 Å². The number of H-pyrrole nitrogens is 2. The molecule has 0 spiro atoms. The number of aromatic amines is 2. The average Bonchev–Trinajstić information content (AvgIpc) is 3.72. The van der Waals surface area contributed by atoms with E-state index in [2.05, 4.69) is 43.7 Å². The molecule has 1 aliphatic carbocycles. The fourth-order valence-corrected chi connectivity index (χ4v) is 5.78. The van der Waals surface area contributed by atoms with Crippen molar-refractivity contribution in [3.8, 4) is 33.8 Å². The molecule has 0 unspecified atom stereocenters. The van der Waals surface area contributed by atoms with E-state index in [1.165, 1.54) is 43.4 Å². The van der Waals surface area contributed by atoms with Gasteiger partial charge in [-0.1, -0.05) is 43.2 Å². The van der Waals surface area contributed by atoms with Crippen molar-refractivity contribution in [3.05, 3.63) is 90.5 Å². The number of nitrogens with one attached hydrogen (secondary N) is 3. The quantitative estimate of drug-likeness (QED) is 0.209. The van der Waals surface area contributed by atoms with Crippen molar-refractivity contribution < 1.29 is 4.39 Å². The molecule has 3 aromatic heterocycles. The van der Waals surface area contributed by atoms with E-state index >= 15 is 0 Å². The first-order valence-electron chi connectivity index (χ1n) is 13.6. The molecular formula is C32H29FN6. The number of nitrogens with zero attached hydrogens (tertiary/aromatic N) is 3. The van der Waals surface area contributed by atoms with Crippen LogP contribution in [0.4, 0.5) is 4.39 Å². The zero-order valence-corrected chi connectivity index (χ0v) is 21.5. The number of fused-ring (bicyclic) bond motifs is 2. The Hall–Kier alpha value is -4.36. The number of rotatable bonds is 7. The molecule has 7 heteroatoms. The van der Waals surface area contributed by atoms with Gasteiger partial charge in [-0.05, 0) is 78.4 Å². The molecule has 1 aliphatic rings. The third-order valence-corrected chi connectivity index (χ3v) is 7.80. The summed E-state index contributed by atoms with van der Waals surface area (Å²) in [4.78, 5) is 12.9. The van der Waals surface area contributed by atoms with Crippen molar-refractivity contribution >= 4 is 21.9 Å². The van der Waals surface area contributed by atoms with E-state index in [0.717, 1.165) is 68.9 Å². The number of pyridine rings is 1. The summed E-state index contributed by atoms with van der Waals surface area (Å²) in [6, 6.07) is 21.0. The number of hydrogen-bond donors (Lipinski definition) is 3. The van der Waals surface area contributed by atoms with Crippen molar-refractivity contribution in [3.63, 3.8) is 0 Å². The smallest absolute Gasteiger partial charge is 0.159 e. The third kappa shape index (κ3) is 4.70. The minimum absolute atomic E-state index is 0.269. The van der Waals surface area contributed by atoms with Crippen LogP contribution in [0.15, 0.2) is 79.1 Å². The zero-order valence-electron chi connectivity index (χ0n) is 21.5. The lowest BCUT2D eigenvalue weighted by Crippen LogP contribution is -2.20. The SMILES string of the molecule is Fc1cccc(-c2cccc3[nH]c(-c4n[nH]c5ccc(-c6cncc(CNCC7CCCC7)c6)cc45)nc23)c1. The van der Waals surface area contributed by atoms with E-state index in [0.29, 0.717) is 5.82 Å². The highest BCUT2D eigenvalue weighted by molar-refractivity contribution is 5.98. The van der Waals surface area contributed by atoms with Crippen LogP contribution < -0.4 is 5.32 Å². The number of hydrogen-bond acceptors (Lipinski definition) is 4. The van der Waals surface area contributed by atoms with Gasteiger partial charge in [-0.25, -0.2) is 9.37 Å². The summed E-state index contributed by atoms with van der Waals surface area (Å²) in [5, 5.41) is 12.3. The van der Waals surface area contributed by atoms with Crippen LogP contribution in [-0.4, -0.2) is 31.7 Å². The van der Waals surface area contributed by atoms with Gasteiger partial charge in [-0.3, -0.25) is 10.1 Å². The average molecular weight is 517 g/mol. The Labute approximate surface area is 225 Å². The summed E-state index contributed by atoms with van der Waals surface area (Å²) in [7, 11) is 0. The zero-order chi connectivity index (χ0) is 26.2. The van der Waals surface area contributed by atoms with Crippen molar-refractivity contribution in [2.45, 2.75) is 32.2 Å². The lowest BCUT2D eigenvalue weighted by atomic mass is 10.0. The van der Waals surface area contributed by atoms with Gasteiger partial charge >= 0.3 is 0 Å². The summed E-state index contributed by atoms with van der Waals surface area (Å²) < 4.78 is 13.9. The molecule has 3 aromatic carbocycles. The predicted molar refractivity (Wildman–Crippen MR) is 153 cm³/mol. The van der Waals surface area contributed by atoms with Crippen LogP contribution in [0.1, 0.15) is 31.2 Å². The van der Waals surface area contributed by atoms with Gasteiger partial charge in [0.05, 0.1) is 16.6 Å². The van der Waals surface area contributed by atoms with Gasteiger partial charge in [0.25, 0.3) is 0 Å². The van der Waals surface area contributed by atoms with Crippen molar-refractivity contribution in [1.82, 2.24) is 30.5 Å². The fourth-order valence-electron chi connectivity index (χ4n) is 5.78. The van der Waals surface area contributed by atoms with Crippen molar-refractivity contribution in [2.24, 2.45) is 5.92 Å². The minimum atomic E-state index is -0.269. The summed E-state index contributed by atoms with van der Waals surface area (Å²) in [5.41, 5.74) is 8.33. The maximum Gasteiger partial charge on any atom is 0.159 e. The summed E-state index contributed by atoms with van der Waals surface area (Å²) in [5.74, 6) is 1.21. The highest BCUT2D eigenvalue weighted by atomic mass is 19.1. The number of halogens is 1. The number of benzene rings is 3.